The standard InChI is InChI=1S/C21H24Br2N2O4/c1-4-9-29-20-16(22)10-14(11-17(20)23)13-24-25-21(26)15-7-8-18(27-5-2)19(12-15)28-6-3/h7-8,10-13H,4-6,9H2,1-3H3,(H,25,26)/b24-13+. The third kappa shape index (κ3) is 6.75. The Hall–Kier alpha value is -2.06. The molecule has 1 amide bonds. The van der Waals surface area contributed by atoms with Gasteiger partial charge in [0.25, 0.3) is 5.91 Å². The highest BCUT2D eigenvalue weighted by Crippen LogP contribution is 2.34. The Balaban J connectivity index is 2.08. The van der Waals surface area contributed by atoms with Crippen molar-refractivity contribution in [2.45, 2.75) is 27.2 Å². The minimum absolute atomic E-state index is 0.341. The van der Waals surface area contributed by atoms with E-state index in [1.165, 1.54) is 0 Å². The van der Waals surface area contributed by atoms with Gasteiger partial charge in [-0.1, -0.05) is 6.92 Å². The number of nitrogens with one attached hydrogen (secondary N) is 1. The van der Waals surface area contributed by atoms with Crippen LogP contribution in [-0.2, 0) is 0 Å². The van der Waals surface area contributed by atoms with E-state index in [0.29, 0.717) is 36.9 Å². The normalized spacial score (nSPS) is 10.8. The number of hydrogen-bond donors (Lipinski definition) is 1. The molecule has 2 rings (SSSR count). The quantitative estimate of drug-likeness (QED) is 0.324. The highest BCUT2D eigenvalue weighted by atomic mass is 79.9. The van der Waals surface area contributed by atoms with E-state index in [9.17, 15) is 4.79 Å². The van der Waals surface area contributed by atoms with Crippen LogP contribution in [0.3, 0.4) is 0 Å². The van der Waals surface area contributed by atoms with E-state index >= 15 is 0 Å². The summed E-state index contributed by atoms with van der Waals surface area (Å²) in [4.78, 5) is 12.4. The first-order valence-corrected chi connectivity index (χ1v) is 10.9. The molecule has 2 aromatic rings. The zero-order chi connectivity index (χ0) is 21.2. The Morgan fingerprint density at radius 1 is 1.00 bits per heavy atom. The van der Waals surface area contributed by atoms with Gasteiger partial charge in [-0.25, -0.2) is 5.43 Å². The lowest BCUT2D eigenvalue weighted by Crippen LogP contribution is -2.17. The van der Waals surface area contributed by atoms with E-state index < -0.39 is 0 Å². The SMILES string of the molecule is CCCOc1c(Br)cc(/C=N/NC(=O)c2ccc(OCC)c(OCC)c2)cc1Br. The van der Waals surface area contributed by atoms with Crippen molar-refractivity contribution in [1.29, 1.82) is 0 Å². The summed E-state index contributed by atoms with van der Waals surface area (Å²) in [6.07, 6.45) is 2.49. The fourth-order valence-corrected chi connectivity index (χ4v) is 3.87. The maximum Gasteiger partial charge on any atom is 0.271 e. The predicted molar refractivity (Wildman–Crippen MR) is 121 cm³/mol. The molecule has 0 fully saturated rings. The van der Waals surface area contributed by atoms with E-state index in [-0.39, 0.29) is 5.91 Å². The van der Waals surface area contributed by atoms with E-state index in [4.69, 9.17) is 14.2 Å². The number of benzene rings is 2. The topological polar surface area (TPSA) is 69.2 Å². The molecule has 0 aliphatic heterocycles. The number of hydrogen-bond acceptors (Lipinski definition) is 5. The predicted octanol–water partition coefficient (Wildman–Crippen LogP) is 5.56. The molecule has 0 atom stereocenters. The molecule has 2 aromatic carbocycles. The Morgan fingerprint density at radius 2 is 1.66 bits per heavy atom. The zero-order valence-corrected chi connectivity index (χ0v) is 19.8. The monoisotopic (exact) mass is 526 g/mol. The number of amides is 1. The molecule has 0 bridgehead atoms. The summed E-state index contributed by atoms with van der Waals surface area (Å²) in [7, 11) is 0. The second-order valence-corrected chi connectivity index (χ2v) is 7.60. The van der Waals surface area contributed by atoms with Crippen molar-refractivity contribution in [3.05, 3.63) is 50.4 Å². The van der Waals surface area contributed by atoms with Gasteiger partial charge in [0, 0.05) is 5.56 Å². The first kappa shape index (κ1) is 23.2. The van der Waals surface area contributed by atoms with Crippen LogP contribution in [0.2, 0.25) is 0 Å². The lowest BCUT2D eigenvalue weighted by atomic mass is 10.2. The summed E-state index contributed by atoms with van der Waals surface area (Å²) in [5.74, 6) is 1.54. The number of carbonyl (C=O) groups excluding carboxylic acids is 1. The molecule has 0 radical (unpaired) electrons. The van der Waals surface area contributed by atoms with Crippen molar-refractivity contribution < 1.29 is 19.0 Å². The fraction of sp³-hybridized carbons (Fsp3) is 0.333. The number of ether oxygens (including phenoxy) is 3. The number of halogens is 2. The lowest BCUT2D eigenvalue weighted by Gasteiger charge is -2.12. The van der Waals surface area contributed by atoms with Gasteiger partial charge in [-0.05, 0) is 88.0 Å². The molecule has 0 saturated carbocycles. The van der Waals surface area contributed by atoms with Gasteiger partial charge in [-0.3, -0.25) is 4.79 Å². The molecule has 29 heavy (non-hydrogen) atoms. The van der Waals surface area contributed by atoms with E-state index in [1.807, 2.05) is 32.9 Å². The fourth-order valence-electron chi connectivity index (χ4n) is 2.42. The number of rotatable bonds is 10. The third-order valence-electron chi connectivity index (χ3n) is 3.66. The maximum absolute atomic E-state index is 12.4. The van der Waals surface area contributed by atoms with Gasteiger partial charge in [0.05, 0.1) is 35.0 Å². The highest BCUT2D eigenvalue weighted by Gasteiger charge is 2.11. The number of hydrazone groups is 1. The van der Waals surface area contributed by atoms with Crippen molar-refractivity contribution in [1.82, 2.24) is 5.43 Å². The molecular formula is C21H24Br2N2O4. The Morgan fingerprint density at radius 3 is 2.28 bits per heavy atom. The van der Waals surface area contributed by atoms with Gasteiger partial charge >= 0.3 is 0 Å². The second-order valence-electron chi connectivity index (χ2n) is 5.89. The molecule has 8 heteroatoms. The second kappa shape index (κ2) is 11.8. The van der Waals surface area contributed by atoms with Gasteiger partial charge < -0.3 is 14.2 Å². The van der Waals surface area contributed by atoms with Gasteiger partial charge in [0.1, 0.15) is 5.75 Å². The average Bonchev–Trinajstić information content (AvgIpc) is 2.69. The van der Waals surface area contributed by atoms with E-state index in [1.54, 1.807) is 24.4 Å². The summed E-state index contributed by atoms with van der Waals surface area (Å²) in [6, 6.07) is 8.78. The third-order valence-corrected chi connectivity index (χ3v) is 4.83. The van der Waals surface area contributed by atoms with Crippen LogP contribution in [-0.4, -0.2) is 31.9 Å². The Bertz CT molecular complexity index is 849. The first-order valence-electron chi connectivity index (χ1n) is 9.35. The lowest BCUT2D eigenvalue weighted by molar-refractivity contribution is 0.0954. The minimum Gasteiger partial charge on any atom is -0.491 e. The van der Waals surface area contributed by atoms with Crippen LogP contribution in [0.5, 0.6) is 17.2 Å². The molecule has 0 saturated heterocycles. The molecular weight excluding hydrogens is 504 g/mol. The smallest absolute Gasteiger partial charge is 0.271 e. The van der Waals surface area contributed by atoms with E-state index in [0.717, 1.165) is 26.7 Å². The molecule has 0 heterocycles. The maximum atomic E-state index is 12.4. The summed E-state index contributed by atoms with van der Waals surface area (Å²) in [6.45, 7) is 7.44. The summed E-state index contributed by atoms with van der Waals surface area (Å²) >= 11 is 7.00. The molecule has 0 aliphatic carbocycles. The van der Waals surface area contributed by atoms with Crippen LogP contribution in [0.25, 0.3) is 0 Å². The zero-order valence-electron chi connectivity index (χ0n) is 16.6. The Labute approximate surface area is 187 Å². The van der Waals surface area contributed by atoms with Crippen molar-refractivity contribution in [3.8, 4) is 17.2 Å². The van der Waals surface area contributed by atoms with Crippen LogP contribution in [0.1, 0.15) is 43.1 Å². The largest absolute Gasteiger partial charge is 0.491 e. The molecule has 0 unspecified atom stereocenters. The Kier molecular flexibility index (Phi) is 9.47. The van der Waals surface area contributed by atoms with E-state index in [2.05, 4.69) is 42.4 Å². The van der Waals surface area contributed by atoms with Crippen LogP contribution in [0.15, 0.2) is 44.4 Å². The molecule has 0 aliphatic rings. The highest BCUT2D eigenvalue weighted by molar-refractivity contribution is 9.11. The van der Waals surface area contributed by atoms with Gasteiger partial charge in [-0.2, -0.15) is 5.10 Å². The number of carbonyl (C=O) groups is 1. The van der Waals surface area contributed by atoms with Crippen LogP contribution >= 0.6 is 31.9 Å². The molecule has 6 nitrogen and oxygen atoms in total. The summed E-state index contributed by atoms with van der Waals surface area (Å²) in [5.41, 5.74) is 3.76. The van der Waals surface area contributed by atoms with Gasteiger partial charge in [0.15, 0.2) is 11.5 Å². The number of nitrogens with zero attached hydrogens (tertiary/aromatic N) is 1. The van der Waals surface area contributed by atoms with Crippen LogP contribution < -0.4 is 19.6 Å². The average molecular weight is 528 g/mol. The van der Waals surface area contributed by atoms with Gasteiger partial charge in [0.2, 0.25) is 0 Å². The van der Waals surface area contributed by atoms with Crippen LogP contribution in [0.4, 0.5) is 0 Å². The van der Waals surface area contributed by atoms with Crippen molar-refractivity contribution >= 4 is 44.0 Å². The van der Waals surface area contributed by atoms with Crippen molar-refractivity contribution in [3.63, 3.8) is 0 Å². The van der Waals surface area contributed by atoms with Crippen molar-refractivity contribution in [2.75, 3.05) is 19.8 Å². The summed E-state index contributed by atoms with van der Waals surface area (Å²) < 4.78 is 18.4. The van der Waals surface area contributed by atoms with Crippen LogP contribution in [0, 0.1) is 0 Å². The molecule has 1 N–H and O–H groups in total. The minimum atomic E-state index is -0.341. The first-order chi connectivity index (χ1) is 14.0. The molecule has 0 aromatic heterocycles. The molecule has 0 spiro atoms. The van der Waals surface area contributed by atoms with Crippen molar-refractivity contribution in [2.24, 2.45) is 5.10 Å². The van der Waals surface area contributed by atoms with Gasteiger partial charge in [-0.15, -0.1) is 0 Å². The summed E-state index contributed by atoms with van der Waals surface area (Å²) in [5, 5.41) is 4.05. The molecule has 156 valence electrons.